The summed E-state index contributed by atoms with van der Waals surface area (Å²) in [7, 11) is 0. The molecule has 1 saturated heterocycles. The minimum atomic E-state index is -0.715. The van der Waals surface area contributed by atoms with Crippen LogP contribution < -0.4 is 10.6 Å². The average molecular weight is 381 g/mol. The molecular formula is C20H16FN3O4. The molecule has 2 aliphatic rings. The van der Waals surface area contributed by atoms with Gasteiger partial charge in [0.15, 0.2) is 0 Å². The van der Waals surface area contributed by atoms with E-state index in [2.05, 4.69) is 10.6 Å². The average Bonchev–Trinajstić information content (AvgIpc) is 2.99. The maximum absolute atomic E-state index is 13.7. The predicted octanol–water partition coefficient (Wildman–Crippen LogP) is 1.84. The highest BCUT2D eigenvalue weighted by atomic mass is 19.1. The molecule has 2 heterocycles. The third-order valence-corrected chi connectivity index (χ3v) is 4.91. The second kappa shape index (κ2) is 6.88. The van der Waals surface area contributed by atoms with Gasteiger partial charge in [0.25, 0.3) is 11.8 Å². The van der Waals surface area contributed by atoms with E-state index >= 15 is 0 Å². The normalized spacial score (nSPS) is 18.7. The number of rotatable bonds is 3. The van der Waals surface area contributed by atoms with Crippen LogP contribution in [0.15, 0.2) is 42.5 Å². The topological polar surface area (TPSA) is 95.6 Å². The number of amides is 4. The highest BCUT2D eigenvalue weighted by Crippen LogP contribution is 2.28. The Morgan fingerprint density at radius 3 is 2.68 bits per heavy atom. The smallest absolute Gasteiger partial charge is 0.255 e. The summed E-state index contributed by atoms with van der Waals surface area (Å²) in [6, 6.07) is 9.70. The van der Waals surface area contributed by atoms with Crippen molar-refractivity contribution in [3.63, 3.8) is 0 Å². The van der Waals surface area contributed by atoms with Crippen LogP contribution in [0.1, 0.15) is 39.1 Å². The molecule has 2 aromatic rings. The highest BCUT2D eigenvalue weighted by molar-refractivity contribution is 6.08. The molecule has 0 spiro atoms. The summed E-state index contributed by atoms with van der Waals surface area (Å²) in [5.74, 6) is -2.20. The van der Waals surface area contributed by atoms with Gasteiger partial charge < -0.3 is 10.2 Å². The minimum absolute atomic E-state index is 0.0641. The fraction of sp³-hybridized carbons (Fsp3) is 0.200. The molecule has 1 unspecified atom stereocenters. The van der Waals surface area contributed by atoms with Gasteiger partial charge in [0.2, 0.25) is 11.8 Å². The zero-order valence-corrected chi connectivity index (χ0v) is 14.7. The van der Waals surface area contributed by atoms with Crippen LogP contribution >= 0.6 is 0 Å². The van der Waals surface area contributed by atoms with Crippen LogP contribution in [-0.2, 0) is 16.1 Å². The van der Waals surface area contributed by atoms with Gasteiger partial charge in [0.05, 0.1) is 5.69 Å². The second-order valence-corrected chi connectivity index (χ2v) is 6.71. The van der Waals surface area contributed by atoms with Crippen molar-refractivity contribution in [1.82, 2.24) is 10.2 Å². The first-order valence-electron chi connectivity index (χ1n) is 8.77. The Morgan fingerprint density at radius 1 is 1.14 bits per heavy atom. The monoisotopic (exact) mass is 381 g/mol. The third-order valence-electron chi connectivity index (χ3n) is 4.91. The van der Waals surface area contributed by atoms with Crippen molar-refractivity contribution in [2.45, 2.75) is 25.4 Å². The zero-order valence-electron chi connectivity index (χ0n) is 14.7. The lowest BCUT2D eigenvalue weighted by molar-refractivity contribution is -0.136. The lowest BCUT2D eigenvalue weighted by atomic mass is 10.0. The SMILES string of the molecule is O=C1CCC(N2Cc3cc(C(=O)Nc4ccccc4F)ccc3C2=O)C(=O)N1. The molecule has 2 aromatic carbocycles. The number of piperidine rings is 1. The number of carbonyl (C=O) groups excluding carboxylic acids is 4. The maximum atomic E-state index is 13.7. The Hall–Kier alpha value is -3.55. The Labute approximate surface area is 159 Å². The first-order chi connectivity index (χ1) is 13.4. The fourth-order valence-electron chi connectivity index (χ4n) is 3.47. The molecule has 0 bridgehead atoms. The molecule has 0 aliphatic carbocycles. The molecule has 2 aliphatic heterocycles. The van der Waals surface area contributed by atoms with Crippen LogP contribution in [0, 0.1) is 5.82 Å². The van der Waals surface area contributed by atoms with Crippen molar-refractivity contribution >= 4 is 29.3 Å². The zero-order chi connectivity index (χ0) is 19.8. The molecule has 0 saturated carbocycles. The van der Waals surface area contributed by atoms with Gasteiger partial charge in [-0.2, -0.15) is 0 Å². The summed E-state index contributed by atoms with van der Waals surface area (Å²) < 4.78 is 13.7. The van der Waals surface area contributed by atoms with Crippen molar-refractivity contribution in [2.75, 3.05) is 5.32 Å². The summed E-state index contributed by atoms with van der Waals surface area (Å²) >= 11 is 0. The Morgan fingerprint density at radius 2 is 1.93 bits per heavy atom. The molecule has 1 atom stereocenters. The predicted molar refractivity (Wildman–Crippen MR) is 96.8 cm³/mol. The number of para-hydroxylation sites is 1. The van der Waals surface area contributed by atoms with Gasteiger partial charge in [-0.1, -0.05) is 12.1 Å². The van der Waals surface area contributed by atoms with E-state index in [0.29, 0.717) is 11.1 Å². The standard InChI is InChI=1S/C20H16FN3O4/c21-14-3-1-2-4-15(14)22-18(26)11-5-6-13-12(9-11)10-24(20(13)28)16-7-8-17(25)23-19(16)27/h1-6,9,16H,7-8,10H2,(H,22,26)(H,23,25,27). The quantitative estimate of drug-likeness (QED) is 0.793. The number of fused-ring (bicyclic) bond motifs is 1. The molecule has 8 heteroatoms. The van der Waals surface area contributed by atoms with Crippen LogP contribution in [-0.4, -0.2) is 34.6 Å². The first kappa shape index (κ1) is 17.8. The lowest BCUT2D eigenvalue weighted by Gasteiger charge is -2.29. The molecule has 0 aromatic heterocycles. The van der Waals surface area contributed by atoms with Crippen molar-refractivity contribution in [1.29, 1.82) is 0 Å². The number of imide groups is 1. The summed E-state index contributed by atoms with van der Waals surface area (Å²) in [5.41, 5.74) is 1.36. The van der Waals surface area contributed by atoms with E-state index in [1.165, 1.54) is 35.2 Å². The largest absolute Gasteiger partial charge is 0.322 e. The van der Waals surface area contributed by atoms with Crippen LogP contribution in [0.3, 0.4) is 0 Å². The molecule has 142 valence electrons. The van der Waals surface area contributed by atoms with Gasteiger partial charge in [-0.15, -0.1) is 0 Å². The summed E-state index contributed by atoms with van der Waals surface area (Å²) in [5, 5.41) is 4.75. The maximum Gasteiger partial charge on any atom is 0.255 e. The van der Waals surface area contributed by atoms with Gasteiger partial charge in [-0.3, -0.25) is 24.5 Å². The number of anilines is 1. The summed E-state index contributed by atoms with van der Waals surface area (Å²) in [4.78, 5) is 49.9. The highest BCUT2D eigenvalue weighted by Gasteiger charge is 2.39. The molecule has 7 nitrogen and oxygen atoms in total. The van der Waals surface area contributed by atoms with Gasteiger partial charge in [-0.05, 0) is 42.3 Å². The van der Waals surface area contributed by atoms with Gasteiger partial charge in [-0.25, -0.2) is 4.39 Å². The molecule has 0 radical (unpaired) electrons. The Bertz CT molecular complexity index is 1020. The van der Waals surface area contributed by atoms with Crippen molar-refractivity contribution in [3.8, 4) is 0 Å². The van der Waals surface area contributed by atoms with Crippen molar-refractivity contribution in [3.05, 3.63) is 65.0 Å². The second-order valence-electron chi connectivity index (χ2n) is 6.71. The van der Waals surface area contributed by atoms with Crippen LogP contribution in [0.2, 0.25) is 0 Å². The van der Waals surface area contributed by atoms with Crippen molar-refractivity contribution < 1.29 is 23.6 Å². The van der Waals surface area contributed by atoms with E-state index in [1.54, 1.807) is 12.1 Å². The number of halogens is 1. The number of benzene rings is 2. The molecule has 28 heavy (non-hydrogen) atoms. The Balaban J connectivity index is 1.54. The molecule has 2 N–H and O–H groups in total. The van der Waals surface area contributed by atoms with Gasteiger partial charge in [0, 0.05) is 24.1 Å². The molecule has 4 amide bonds. The minimum Gasteiger partial charge on any atom is -0.322 e. The number of carbonyl (C=O) groups is 4. The van der Waals surface area contributed by atoms with E-state index in [9.17, 15) is 23.6 Å². The van der Waals surface area contributed by atoms with E-state index in [-0.39, 0.29) is 42.5 Å². The van der Waals surface area contributed by atoms with E-state index in [1.807, 2.05) is 0 Å². The van der Waals surface area contributed by atoms with E-state index in [0.717, 1.165) is 0 Å². The molecule has 4 rings (SSSR count). The van der Waals surface area contributed by atoms with Crippen LogP contribution in [0.4, 0.5) is 10.1 Å². The summed E-state index contributed by atoms with van der Waals surface area (Å²) in [6.07, 6.45) is 0.442. The lowest BCUT2D eigenvalue weighted by Crippen LogP contribution is -2.52. The first-order valence-corrected chi connectivity index (χ1v) is 8.77. The van der Waals surface area contributed by atoms with E-state index in [4.69, 9.17) is 0 Å². The summed E-state index contributed by atoms with van der Waals surface area (Å²) in [6.45, 7) is 0.168. The molecular weight excluding hydrogens is 365 g/mol. The van der Waals surface area contributed by atoms with Crippen LogP contribution in [0.25, 0.3) is 0 Å². The molecule has 1 fully saturated rings. The van der Waals surface area contributed by atoms with E-state index < -0.39 is 23.7 Å². The number of hydrogen-bond donors (Lipinski definition) is 2. The number of nitrogens with zero attached hydrogens (tertiary/aromatic N) is 1. The van der Waals surface area contributed by atoms with Crippen molar-refractivity contribution in [2.24, 2.45) is 0 Å². The third kappa shape index (κ3) is 3.13. The number of nitrogens with one attached hydrogen (secondary N) is 2. The van der Waals surface area contributed by atoms with Gasteiger partial charge >= 0.3 is 0 Å². The van der Waals surface area contributed by atoms with Gasteiger partial charge in [0.1, 0.15) is 11.9 Å². The van der Waals surface area contributed by atoms with Crippen LogP contribution in [0.5, 0.6) is 0 Å². The fourth-order valence-corrected chi connectivity index (χ4v) is 3.47. The Kier molecular flexibility index (Phi) is 4.38. The number of hydrogen-bond acceptors (Lipinski definition) is 4.